The van der Waals surface area contributed by atoms with Crippen LogP contribution in [-0.4, -0.2) is 41.3 Å². The zero-order valence-electron chi connectivity index (χ0n) is 13.6. The Kier molecular flexibility index (Phi) is 6.12. The summed E-state index contributed by atoms with van der Waals surface area (Å²) in [6.07, 6.45) is 3.48. The third kappa shape index (κ3) is 4.99. The summed E-state index contributed by atoms with van der Waals surface area (Å²) in [5, 5.41) is 7.06. The average molecular weight is 342 g/mol. The van der Waals surface area contributed by atoms with Crippen molar-refractivity contribution >= 4 is 23.0 Å². The van der Waals surface area contributed by atoms with E-state index in [1.54, 1.807) is 12.4 Å². The van der Waals surface area contributed by atoms with E-state index in [1.165, 1.54) is 11.1 Å². The lowest BCUT2D eigenvalue weighted by atomic mass is 10.1. The van der Waals surface area contributed by atoms with Crippen LogP contribution >= 0.6 is 12.2 Å². The zero-order valence-corrected chi connectivity index (χ0v) is 14.4. The maximum atomic E-state index is 5.42. The summed E-state index contributed by atoms with van der Waals surface area (Å²) in [5.74, 6) is 0. The van der Waals surface area contributed by atoms with Crippen LogP contribution in [0.4, 0.5) is 5.69 Å². The Labute approximate surface area is 148 Å². The second kappa shape index (κ2) is 8.73. The summed E-state index contributed by atoms with van der Waals surface area (Å²) in [7, 11) is 0. The minimum Gasteiger partial charge on any atom is -0.379 e. The molecule has 0 unspecified atom stereocenters. The monoisotopic (exact) mass is 342 g/mol. The van der Waals surface area contributed by atoms with Gasteiger partial charge in [0.25, 0.3) is 0 Å². The number of thiocarbonyl (C=S) groups is 1. The van der Waals surface area contributed by atoms with E-state index in [4.69, 9.17) is 17.0 Å². The van der Waals surface area contributed by atoms with Crippen molar-refractivity contribution in [3.63, 3.8) is 0 Å². The van der Waals surface area contributed by atoms with Gasteiger partial charge in [-0.2, -0.15) is 0 Å². The summed E-state index contributed by atoms with van der Waals surface area (Å²) in [6, 6.07) is 12.3. The van der Waals surface area contributed by atoms with E-state index in [1.807, 2.05) is 12.1 Å². The van der Waals surface area contributed by atoms with E-state index in [-0.39, 0.29) is 0 Å². The second-order valence-corrected chi connectivity index (χ2v) is 6.11. The van der Waals surface area contributed by atoms with Gasteiger partial charge in [0, 0.05) is 44.3 Å². The van der Waals surface area contributed by atoms with E-state index < -0.39 is 0 Å². The third-order valence-corrected chi connectivity index (χ3v) is 4.24. The van der Waals surface area contributed by atoms with Crippen molar-refractivity contribution in [3.05, 3.63) is 59.9 Å². The molecule has 1 aliphatic rings. The molecule has 0 radical (unpaired) electrons. The Balaban J connectivity index is 1.55. The van der Waals surface area contributed by atoms with Gasteiger partial charge in [-0.15, -0.1) is 0 Å². The molecule has 3 rings (SSSR count). The number of benzene rings is 1. The lowest BCUT2D eigenvalue weighted by molar-refractivity contribution is 0.0341. The van der Waals surface area contributed by atoms with Gasteiger partial charge in [-0.05, 0) is 35.5 Å². The Morgan fingerprint density at radius 1 is 1.08 bits per heavy atom. The average Bonchev–Trinajstić information content (AvgIpc) is 2.63. The van der Waals surface area contributed by atoms with Crippen LogP contribution in [0, 0.1) is 0 Å². The van der Waals surface area contributed by atoms with E-state index in [0.717, 1.165) is 38.5 Å². The summed E-state index contributed by atoms with van der Waals surface area (Å²) < 4.78 is 5.42. The highest BCUT2D eigenvalue weighted by atomic mass is 32.1. The molecule has 2 heterocycles. The number of pyridine rings is 1. The van der Waals surface area contributed by atoms with Gasteiger partial charge in [-0.3, -0.25) is 9.88 Å². The van der Waals surface area contributed by atoms with Crippen molar-refractivity contribution in [1.82, 2.24) is 15.2 Å². The molecule has 0 amide bonds. The molecule has 2 N–H and O–H groups in total. The first kappa shape index (κ1) is 16.8. The predicted molar refractivity (Wildman–Crippen MR) is 99.8 cm³/mol. The molecular weight excluding hydrogens is 320 g/mol. The highest BCUT2D eigenvalue weighted by Crippen LogP contribution is 2.13. The molecule has 1 aromatic carbocycles. The molecule has 0 saturated carbocycles. The molecule has 1 aliphatic heterocycles. The molecule has 5 nitrogen and oxygen atoms in total. The number of hydrogen-bond donors (Lipinski definition) is 2. The molecule has 1 aromatic heterocycles. The van der Waals surface area contributed by atoms with Crippen LogP contribution in [0.2, 0.25) is 0 Å². The van der Waals surface area contributed by atoms with E-state index in [2.05, 4.69) is 44.8 Å². The van der Waals surface area contributed by atoms with Crippen molar-refractivity contribution in [1.29, 1.82) is 0 Å². The number of morpholine rings is 1. The van der Waals surface area contributed by atoms with Crippen LogP contribution in [0.15, 0.2) is 48.8 Å². The van der Waals surface area contributed by atoms with E-state index in [0.29, 0.717) is 11.7 Å². The summed E-state index contributed by atoms with van der Waals surface area (Å²) in [5.41, 5.74) is 3.53. The maximum Gasteiger partial charge on any atom is 0.171 e. The number of nitrogens with zero attached hydrogens (tertiary/aromatic N) is 2. The lowest BCUT2D eigenvalue weighted by Crippen LogP contribution is -2.36. The Morgan fingerprint density at radius 3 is 2.54 bits per heavy atom. The van der Waals surface area contributed by atoms with Crippen molar-refractivity contribution < 1.29 is 4.74 Å². The molecule has 126 valence electrons. The molecule has 6 heteroatoms. The van der Waals surface area contributed by atoms with Crippen LogP contribution in [0.3, 0.4) is 0 Å². The standard InChI is InChI=1S/C18H22N4OS/c24-18(21-17-5-7-19-8-6-17)20-13-15-3-1-2-4-16(15)14-22-9-11-23-12-10-22/h1-8H,9-14H2,(H2,19,20,21,24). The maximum absolute atomic E-state index is 5.42. The first-order chi connectivity index (χ1) is 11.8. The van der Waals surface area contributed by atoms with Crippen molar-refractivity contribution in [2.75, 3.05) is 31.6 Å². The second-order valence-electron chi connectivity index (χ2n) is 5.70. The largest absolute Gasteiger partial charge is 0.379 e. The topological polar surface area (TPSA) is 49.4 Å². The fourth-order valence-electron chi connectivity index (χ4n) is 2.67. The van der Waals surface area contributed by atoms with Gasteiger partial charge in [-0.1, -0.05) is 24.3 Å². The highest BCUT2D eigenvalue weighted by molar-refractivity contribution is 7.80. The fourth-order valence-corrected chi connectivity index (χ4v) is 2.86. The number of aromatic nitrogens is 1. The Morgan fingerprint density at radius 2 is 1.79 bits per heavy atom. The van der Waals surface area contributed by atoms with Crippen LogP contribution in [0.25, 0.3) is 0 Å². The van der Waals surface area contributed by atoms with Gasteiger partial charge < -0.3 is 15.4 Å². The summed E-state index contributed by atoms with van der Waals surface area (Å²) >= 11 is 5.37. The van der Waals surface area contributed by atoms with E-state index >= 15 is 0 Å². The number of ether oxygens (including phenoxy) is 1. The molecule has 0 atom stereocenters. The van der Waals surface area contributed by atoms with Crippen LogP contribution in [-0.2, 0) is 17.8 Å². The lowest BCUT2D eigenvalue weighted by Gasteiger charge is -2.27. The molecule has 0 spiro atoms. The van der Waals surface area contributed by atoms with Gasteiger partial charge in [-0.25, -0.2) is 0 Å². The molecule has 24 heavy (non-hydrogen) atoms. The molecule has 1 saturated heterocycles. The van der Waals surface area contributed by atoms with Crippen LogP contribution in [0.5, 0.6) is 0 Å². The van der Waals surface area contributed by atoms with Crippen molar-refractivity contribution in [2.45, 2.75) is 13.1 Å². The van der Waals surface area contributed by atoms with Gasteiger partial charge in [0.1, 0.15) is 0 Å². The molecule has 0 bridgehead atoms. The van der Waals surface area contributed by atoms with Gasteiger partial charge in [0.15, 0.2) is 5.11 Å². The van der Waals surface area contributed by atoms with Gasteiger partial charge in [0.05, 0.1) is 13.2 Å². The normalized spacial score (nSPS) is 15.0. The minimum absolute atomic E-state index is 0.613. The predicted octanol–water partition coefficient (Wildman–Crippen LogP) is 2.40. The van der Waals surface area contributed by atoms with Gasteiger partial charge >= 0.3 is 0 Å². The van der Waals surface area contributed by atoms with Gasteiger partial charge in [0.2, 0.25) is 0 Å². The number of anilines is 1. The number of hydrogen-bond acceptors (Lipinski definition) is 4. The highest BCUT2D eigenvalue weighted by Gasteiger charge is 2.12. The molecule has 2 aromatic rings. The third-order valence-electron chi connectivity index (χ3n) is 3.99. The smallest absolute Gasteiger partial charge is 0.171 e. The van der Waals surface area contributed by atoms with Crippen LogP contribution in [0.1, 0.15) is 11.1 Å². The first-order valence-electron chi connectivity index (χ1n) is 8.13. The summed E-state index contributed by atoms with van der Waals surface area (Å²) in [4.78, 5) is 6.42. The minimum atomic E-state index is 0.613. The number of nitrogens with one attached hydrogen (secondary N) is 2. The van der Waals surface area contributed by atoms with Crippen molar-refractivity contribution in [2.24, 2.45) is 0 Å². The fraction of sp³-hybridized carbons (Fsp3) is 0.333. The Hall–Kier alpha value is -2.02. The van der Waals surface area contributed by atoms with Crippen LogP contribution < -0.4 is 10.6 Å². The summed E-state index contributed by atoms with van der Waals surface area (Å²) in [6.45, 7) is 5.28. The molecule has 0 aliphatic carbocycles. The van der Waals surface area contributed by atoms with E-state index in [9.17, 15) is 0 Å². The van der Waals surface area contributed by atoms with Crippen molar-refractivity contribution in [3.8, 4) is 0 Å². The number of rotatable bonds is 5. The zero-order chi connectivity index (χ0) is 16.6. The molecular formula is C18H22N4OS. The quantitative estimate of drug-likeness (QED) is 0.814. The molecule has 1 fully saturated rings. The first-order valence-corrected chi connectivity index (χ1v) is 8.54. The SMILES string of the molecule is S=C(NCc1ccccc1CN1CCOCC1)Nc1ccncc1. The Bertz CT molecular complexity index is 659.